The van der Waals surface area contributed by atoms with Gasteiger partial charge in [-0.3, -0.25) is 9.88 Å². The van der Waals surface area contributed by atoms with Gasteiger partial charge >= 0.3 is 0 Å². The summed E-state index contributed by atoms with van der Waals surface area (Å²) in [5, 5.41) is 1.32. The van der Waals surface area contributed by atoms with Crippen molar-refractivity contribution in [3.05, 3.63) is 32.7 Å². The van der Waals surface area contributed by atoms with Gasteiger partial charge in [0, 0.05) is 34.1 Å². The monoisotopic (exact) mass is 293 g/mol. The summed E-state index contributed by atoms with van der Waals surface area (Å²) in [7, 11) is 0. The van der Waals surface area contributed by atoms with Crippen molar-refractivity contribution < 1.29 is 0 Å². The average Bonchev–Trinajstić information content (AvgIpc) is 3.04. The average molecular weight is 293 g/mol. The van der Waals surface area contributed by atoms with E-state index in [4.69, 9.17) is 0 Å². The number of rotatable bonds is 3. The summed E-state index contributed by atoms with van der Waals surface area (Å²) in [6.45, 7) is 7.89. The van der Waals surface area contributed by atoms with Crippen molar-refractivity contribution in [3.63, 3.8) is 0 Å². The van der Waals surface area contributed by atoms with Gasteiger partial charge in [-0.15, -0.1) is 22.7 Å². The topological polar surface area (TPSA) is 29.0 Å². The summed E-state index contributed by atoms with van der Waals surface area (Å²) in [5.74, 6) is 0. The van der Waals surface area contributed by atoms with Crippen LogP contribution in [-0.2, 0) is 12.0 Å². The van der Waals surface area contributed by atoms with Gasteiger partial charge in [-0.1, -0.05) is 6.92 Å². The van der Waals surface area contributed by atoms with Crippen LogP contribution in [0.1, 0.15) is 34.5 Å². The number of hydrogen-bond donors (Lipinski definition) is 0. The number of aromatic nitrogens is 2. The third kappa shape index (κ3) is 2.88. The zero-order chi connectivity index (χ0) is 13.3. The Bertz CT molecular complexity index is 525. The molecule has 0 radical (unpaired) electrons. The molecule has 0 N–H and O–H groups in total. The van der Waals surface area contributed by atoms with Gasteiger partial charge in [0.25, 0.3) is 0 Å². The van der Waals surface area contributed by atoms with Gasteiger partial charge in [-0.2, -0.15) is 0 Å². The van der Waals surface area contributed by atoms with Crippen molar-refractivity contribution in [3.8, 4) is 0 Å². The highest BCUT2D eigenvalue weighted by molar-refractivity contribution is 7.11. The molecule has 0 bridgehead atoms. The van der Waals surface area contributed by atoms with Crippen LogP contribution in [0.2, 0.25) is 0 Å². The first-order chi connectivity index (χ1) is 9.16. The molecule has 0 unspecified atom stereocenters. The highest BCUT2D eigenvalue weighted by Gasteiger charge is 2.34. The molecule has 2 aromatic heterocycles. The molecule has 1 fully saturated rings. The van der Waals surface area contributed by atoms with Gasteiger partial charge in [-0.05, 0) is 32.9 Å². The second kappa shape index (κ2) is 5.31. The third-order valence-corrected chi connectivity index (χ3v) is 5.94. The summed E-state index contributed by atoms with van der Waals surface area (Å²) in [6, 6.07) is 0. The second-order valence-electron chi connectivity index (χ2n) is 5.58. The zero-order valence-corrected chi connectivity index (χ0v) is 13.1. The summed E-state index contributed by atoms with van der Waals surface area (Å²) in [6.07, 6.45) is 6.41. The minimum atomic E-state index is 0.281. The Morgan fingerprint density at radius 3 is 2.68 bits per heavy atom. The maximum atomic E-state index is 4.60. The fraction of sp³-hybridized carbons (Fsp3) is 0.571. The Kier molecular flexibility index (Phi) is 3.69. The molecule has 0 spiro atoms. The fourth-order valence-electron chi connectivity index (χ4n) is 2.59. The number of hydrogen-bond acceptors (Lipinski definition) is 5. The van der Waals surface area contributed by atoms with Crippen LogP contribution in [0.5, 0.6) is 0 Å². The normalized spacial score (nSPS) is 19.7. The smallest absolute Gasteiger partial charge is 0.0987 e. The number of nitrogens with zero attached hydrogens (tertiary/aromatic N) is 3. The molecule has 19 heavy (non-hydrogen) atoms. The van der Waals surface area contributed by atoms with E-state index in [1.807, 2.05) is 29.2 Å². The second-order valence-corrected chi connectivity index (χ2v) is 7.79. The van der Waals surface area contributed by atoms with E-state index in [-0.39, 0.29) is 5.41 Å². The quantitative estimate of drug-likeness (QED) is 0.868. The lowest BCUT2D eigenvalue weighted by Gasteiger charge is -2.37. The van der Waals surface area contributed by atoms with Crippen molar-refractivity contribution in [2.75, 3.05) is 13.1 Å². The van der Waals surface area contributed by atoms with E-state index in [1.165, 1.54) is 27.6 Å². The SMILES string of the molecule is Cc1cnc(C2(C)CCN(Cc3cncs3)CC2)s1. The largest absolute Gasteiger partial charge is 0.298 e. The van der Waals surface area contributed by atoms with Crippen molar-refractivity contribution in [2.24, 2.45) is 0 Å². The highest BCUT2D eigenvalue weighted by Crippen LogP contribution is 2.37. The van der Waals surface area contributed by atoms with Crippen molar-refractivity contribution in [1.82, 2.24) is 14.9 Å². The van der Waals surface area contributed by atoms with Crippen molar-refractivity contribution >= 4 is 22.7 Å². The standard InChI is InChI=1S/C14H19N3S2/c1-11-7-16-13(19-11)14(2)3-5-17(6-4-14)9-12-8-15-10-18-12/h7-8,10H,3-6,9H2,1-2H3. The van der Waals surface area contributed by atoms with Crippen LogP contribution in [0.25, 0.3) is 0 Å². The fourth-order valence-corrected chi connectivity index (χ4v) is 4.20. The Morgan fingerprint density at radius 2 is 2.11 bits per heavy atom. The lowest BCUT2D eigenvalue weighted by Crippen LogP contribution is -2.40. The molecule has 0 aromatic carbocycles. The lowest BCUT2D eigenvalue weighted by atomic mass is 9.81. The van der Waals surface area contributed by atoms with Crippen LogP contribution in [0, 0.1) is 6.92 Å². The minimum Gasteiger partial charge on any atom is -0.298 e. The predicted octanol–water partition coefficient (Wildman–Crippen LogP) is 3.46. The molecule has 0 aliphatic carbocycles. The van der Waals surface area contributed by atoms with E-state index < -0.39 is 0 Å². The number of likely N-dealkylation sites (tertiary alicyclic amines) is 1. The predicted molar refractivity (Wildman–Crippen MR) is 80.8 cm³/mol. The maximum Gasteiger partial charge on any atom is 0.0987 e. The van der Waals surface area contributed by atoms with Gasteiger partial charge in [0.1, 0.15) is 0 Å². The number of piperidine rings is 1. The first-order valence-electron chi connectivity index (χ1n) is 6.68. The molecule has 1 saturated heterocycles. The van der Waals surface area contributed by atoms with Gasteiger partial charge in [-0.25, -0.2) is 4.98 Å². The Balaban J connectivity index is 1.62. The third-order valence-electron chi connectivity index (χ3n) is 3.96. The molecule has 0 saturated carbocycles. The minimum absolute atomic E-state index is 0.281. The first kappa shape index (κ1) is 13.2. The van der Waals surface area contributed by atoms with Crippen LogP contribution in [0.3, 0.4) is 0 Å². The van der Waals surface area contributed by atoms with Crippen LogP contribution >= 0.6 is 22.7 Å². The molecule has 3 heterocycles. The lowest BCUT2D eigenvalue weighted by molar-refractivity contribution is 0.163. The molecule has 3 nitrogen and oxygen atoms in total. The van der Waals surface area contributed by atoms with Crippen LogP contribution in [0.4, 0.5) is 0 Å². The molecule has 1 aliphatic heterocycles. The zero-order valence-electron chi connectivity index (χ0n) is 11.4. The van der Waals surface area contributed by atoms with E-state index in [2.05, 4.69) is 28.7 Å². The van der Waals surface area contributed by atoms with Gasteiger partial charge in [0.2, 0.25) is 0 Å². The molecule has 5 heteroatoms. The van der Waals surface area contributed by atoms with Crippen LogP contribution in [0.15, 0.2) is 17.9 Å². The molecule has 0 atom stereocenters. The van der Waals surface area contributed by atoms with Gasteiger partial charge in [0.05, 0.1) is 10.5 Å². The highest BCUT2D eigenvalue weighted by atomic mass is 32.1. The molecule has 1 aliphatic rings. The Labute approximate surface area is 122 Å². The molecule has 0 amide bonds. The molecule has 102 valence electrons. The summed E-state index contributed by atoms with van der Waals surface area (Å²) >= 11 is 3.62. The molecule has 2 aromatic rings. The van der Waals surface area contributed by atoms with Crippen molar-refractivity contribution in [1.29, 1.82) is 0 Å². The molecule has 3 rings (SSSR count). The van der Waals surface area contributed by atoms with Crippen molar-refractivity contribution in [2.45, 2.75) is 38.6 Å². The van der Waals surface area contributed by atoms with Gasteiger partial charge in [0.15, 0.2) is 0 Å². The van der Waals surface area contributed by atoms with E-state index in [0.717, 1.165) is 19.6 Å². The van der Waals surface area contributed by atoms with E-state index in [0.29, 0.717) is 0 Å². The van der Waals surface area contributed by atoms with Crippen LogP contribution in [-0.4, -0.2) is 28.0 Å². The summed E-state index contributed by atoms with van der Waals surface area (Å²) < 4.78 is 0. The van der Waals surface area contributed by atoms with Crippen LogP contribution < -0.4 is 0 Å². The van der Waals surface area contributed by atoms with E-state index >= 15 is 0 Å². The maximum absolute atomic E-state index is 4.60. The molecular formula is C14H19N3S2. The molecular weight excluding hydrogens is 274 g/mol. The van der Waals surface area contributed by atoms with Gasteiger partial charge < -0.3 is 0 Å². The summed E-state index contributed by atoms with van der Waals surface area (Å²) in [4.78, 5) is 14.0. The number of aryl methyl sites for hydroxylation is 1. The first-order valence-corrected chi connectivity index (χ1v) is 8.38. The summed E-state index contributed by atoms with van der Waals surface area (Å²) in [5.41, 5.74) is 2.20. The van der Waals surface area contributed by atoms with E-state index in [9.17, 15) is 0 Å². The van der Waals surface area contributed by atoms with E-state index in [1.54, 1.807) is 11.3 Å². The Morgan fingerprint density at radius 1 is 1.32 bits per heavy atom. The Hall–Kier alpha value is -0.780. The number of thiazole rings is 2.